The molecule has 2 heterocycles. The van der Waals surface area contributed by atoms with Crippen LogP contribution in [-0.2, 0) is 16.0 Å². The Morgan fingerprint density at radius 1 is 1.15 bits per heavy atom. The number of ether oxygens (including phenoxy) is 1. The molecular formula is C23H34N2O2. The summed E-state index contributed by atoms with van der Waals surface area (Å²) >= 11 is 0. The molecule has 1 aromatic carbocycles. The molecule has 0 aromatic heterocycles. The second kappa shape index (κ2) is 8.32. The van der Waals surface area contributed by atoms with E-state index in [1.165, 1.54) is 31.2 Å². The van der Waals surface area contributed by atoms with E-state index in [2.05, 4.69) is 40.1 Å². The summed E-state index contributed by atoms with van der Waals surface area (Å²) in [5, 5.41) is 0. The van der Waals surface area contributed by atoms with Crippen LogP contribution in [0.5, 0.6) is 0 Å². The molecule has 0 radical (unpaired) electrons. The molecule has 1 unspecified atom stereocenters. The van der Waals surface area contributed by atoms with Gasteiger partial charge in [-0.25, -0.2) is 0 Å². The lowest BCUT2D eigenvalue weighted by molar-refractivity contribution is -0.128. The molecule has 1 amide bonds. The summed E-state index contributed by atoms with van der Waals surface area (Å²) in [7, 11) is 0. The maximum absolute atomic E-state index is 12.0. The van der Waals surface area contributed by atoms with E-state index in [4.69, 9.17) is 4.74 Å². The average Bonchev–Trinajstić information content (AvgIpc) is 3.44. The molecule has 0 bridgehead atoms. The van der Waals surface area contributed by atoms with Crippen molar-refractivity contribution in [2.45, 2.75) is 39.0 Å². The first-order valence-electron chi connectivity index (χ1n) is 10.7. The van der Waals surface area contributed by atoms with E-state index in [1.807, 2.05) is 0 Å². The van der Waals surface area contributed by atoms with Gasteiger partial charge in [-0.1, -0.05) is 30.3 Å². The SMILES string of the molecule is CC(=O)N1CC(COCC2CC2)C2(CCN(CCc3ccccc3)CC2)C1. The zero-order valence-corrected chi connectivity index (χ0v) is 16.7. The summed E-state index contributed by atoms with van der Waals surface area (Å²) in [5.41, 5.74) is 1.70. The molecule has 27 heavy (non-hydrogen) atoms. The van der Waals surface area contributed by atoms with Gasteiger partial charge in [0.15, 0.2) is 0 Å². The molecule has 1 aliphatic carbocycles. The van der Waals surface area contributed by atoms with Gasteiger partial charge in [-0.05, 0) is 62.1 Å². The molecule has 0 N–H and O–H groups in total. The number of hydrogen-bond donors (Lipinski definition) is 0. The number of rotatable bonds is 7. The summed E-state index contributed by atoms with van der Waals surface area (Å²) in [6, 6.07) is 10.8. The number of hydrogen-bond acceptors (Lipinski definition) is 3. The quantitative estimate of drug-likeness (QED) is 0.739. The van der Waals surface area contributed by atoms with Gasteiger partial charge >= 0.3 is 0 Å². The Morgan fingerprint density at radius 2 is 1.89 bits per heavy atom. The maximum Gasteiger partial charge on any atom is 0.219 e. The third-order valence-corrected chi connectivity index (χ3v) is 7.04. The Bertz CT molecular complexity index is 621. The highest BCUT2D eigenvalue weighted by Gasteiger charge is 2.48. The Balaban J connectivity index is 1.31. The number of carbonyl (C=O) groups is 1. The third-order valence-electron chi connectivity index (χ3n) is 7.04. The van der Waals surface area contributed by atoms with E-state index in [1.54, 1.807) is 6.92 Å². The van der Waals surface area contributed by atoms with Gasteiger partial charge in [0.1, 0.15) is 0 Å². The zero-order chi connectivity index (χ0) is 18.7. The molecule has 4 nitrogen and oxygen atoms in total. The largest absolute Gasteiger partial charge is 0.381 e. The van der Waals surface area contributed by atoms with Crippen LogP contribution in [0.1, 0.15) is 38.2 Å². The molecule has 148 valence electrons. The van der Waals surface area contributed by atoms with E-state index in [9.17, 15) is 4.79 Å². The number of carbonyl (C=O) groups excluding carboxylic acids is 1. The van der Waals surface area contributed by atoms with Crippen LogP contribution in [0.3, 0.4) is 0 Å². The van der Waals surface area contributed by atoms with Crippen LogP contribution in [-0.4, -0.2) is 61.6 Å². The van der Waals surface area contributed by atoms with Gasteiger partial charge < -0.3 is 14.5 Å². The van der Waals surface area contributed by atoms with Gasteiger partial charge in [0, 0.05) is 39.1 Å². The van der Waals surface area contributed by atoms with Crippen LogP contribution in [0.25, 0.3) is 0 Å². The minimum absolute atomic E-state index is 0.227. The van der Waals surface area contributed by atoms with Crippen molar-refractivity contribution >= 4 is 5.91 Å². The predicted octanol–water partition coefficient (Wildman–Crippen LogP) is 3.22. The molecule has 1 atom stereocenters. The van der Waals surface area contributed by atoms with Gasteiger partial charge in [0.25, 0.3) is 0 Å². The molecule has 4 heteroatoms. The van der Waals surface area contributed by atoms with Crippen molar-refractivity contribution in [1.29, 1.82) is 0 Å². The number of likely N-dealkylation sites (tertiary alicyclic amines) is 2. The lowest BCUT2D eigenvalue weighted by atomic mass is 9.71. The maximum atomic E-state index is 12.0. The number of piperidine rings is 1. The lowest BCUT2D eigenvalue weighted by Gasteiger charge is -2.42. The summed E-state index contributed by atoms with van der Waals surface area (Å²) in [4.78, 5) is 16.7. The molecular weight excluding hydrogens is 336 g/mol. The van der Waals surface area contributed by atoms with Crippen LogP contribution in [0, 0.1) is 17.3 Å². The highest BCUT2D eigenvalue weighted by atomic mass is 16.5. The van der Waals surface area contributed by atoms with Crippen molar-refractivity contribution in [3.05, 3.63) is 35.9 Å². The van der Waals surface area contributed by atoms with Crippen LogP contribution >= 0.6 is 0 Å². The summed E-state index contributed by atoms with van der Waals surface area (Å²) in [5.74, 6) is 1.55. The fourth-order valence-corrected chi connectivity index (χ4v) is 4.88. The molecule has 1 spiro atoms. The van der Waals surface area contributed by atoms with Gasteiger partial charge in [0.2, 0.25) is 5.91 Å². The van der Waals surface area contributed by atoms with Crippen molar-refractivity contribution in [3.63, 3.8) is 0 Å². The fourth-order valence-electron chi connectivity index (χ4n) is 4.88. The third kappa shape index (κ3) is 4.72. The molecule has 4 rings (SSSR count). The normalized spacial score (nSPS) is 25.2. The Kier molecular flexibility index (Phi) is 5.84. The molecule has 2 aliphatic heterocycles. The van der Waals surface area contributed by atoms with Crippen molar-refractivity contribution in [3.8, 4) is 0 Å². The lowest BCUT2D eigenvalue weighted by Crippen LogP contribution is -2.46. The smallest absolute Gasteiger partial charge is 0.219 e. The van der Waals surface area contributed by atoms with Crippen LogP contribution in [0.2, 0.25) is 0 Å². The average molecular weight is 371 g/mol. The minimum Gasteiger partial charge on any atom is -0.381 e. The number of amides is 1. The Morgan fingerprint density at radius 3 is 2.56 bits per heavy atom. The van der Waals surface area contributed by atoms with Crippen LogP contribution < -0.4 is 0 Å². The Hall–Kier alpha value is -1.39. The Labute approximate surface area is 163 Å². The number of nitrogens with zero attached hydrogens (tertiary/aromatic N) is 2. The highest BCUT2D eigenvalue weighted by molar-refractivity contribution is 5.73. The first-order valence-corrected chi connectivity index (χ1v) is 10.7. The van der Waals surface area contributed by atoms with Crippen molar-refractivity contribution in [2.75, 3.05) is 45.9 Å². The van der Waals surface area contributed by atoms with Crippen molar-refractivity contribution < 1.29 is 9.53 Å². The van der Waals surface area contributed by atoms with Gasteiger partial charge in [-0.3, -0.25) is 4.79 Å². The predicted molar refractivity (Wildman–Crippen MR) is 108 cm³/mol. The highest BCUT2D eigenvalue weighted by Crippen LogP contribution is 2.45. The van der Waals surface area contributed by atoms with Crippen LogP contribution in [0.15, 0.2) is 30.3 Å². The van der Waals surface area contributed by atoms with Crippen molar-refractivity contribution in [1.82, 2.24) is 9.80 Å². The zero-order valence-electron chi connectivity index (χ0n) is 16.7. The first-order chi connectivity index (χ1) is 13.1. The summed E-state index contributed by atoms with van der Waals surface area (Å²) in [6.45, 7) is 8.75. The van der Waals surface area contributed by atoms with Crippen molar-refractivity contribution in [2.24, 2.45) is 17.3 Å². The molecule has 3 aliphatic rings. The van der Waals surface area contributed by atoms with Gasteiger partial charge in [0.05, 0.1) is 6.61 Å². The molecule has 2 saturated heterocycles. The first kappa shape index (κ1) is 18.9. The van der Waals surface area contributed by atoms with Gasteiger partial charge in [-0.2, -0.15) is 0 Å². The van der Waals surface area contributed by atoms with Gasteiger partial charge in [-0.15, -0.1) is 0 Å². The minimum atomic E-state index is 0.227. The monoisotopic (exact) mass is 370 g/mol. The van der Waals surface area contributed by atoms with E-state index < -0.39 is 0 Å². The topological polar surface area (TPSA) is 32.8 Å². The van der Waals surface area contributed by atoms with E-state index in [0.29, 0.717) is 5.92 Å². The molecule has 3 fully saturated rings. The standard InChI is InChI=1S/C23H34N2O2/c1-19(26)25-15-22(17-27-16-21-7-8-21)23(18-25)10-13-24(14-11-23)12-9-20-5-3-2-4-6-20/h2-6,21-22H,7-18H2,1H3. The summed E-state index contributed by atoms with van der Waals surface area (Å²) in [6.07, 6.45) is 6.20. The molecule has 1 saturated carbocycles. The second-order valence-electron chi connectivity index (χ2n) is 9.02. The molecule has 1 aromatic rings. The van der Waals surface area contributed by atoms with E-state index in [-0.39, 0.29) is 11.3 Å². The fraction of sp³-hybridized carbons (Fsp3) is 0.696. The number of benzene rings is 1. The second-order valence-corrected chi connectivity index (χ2v) is 9.02. The van der Waals surface area contributed by atoms with E-state index in [0.717, 1.165) is 58.3 Å². The summed E-state index contributed by atoms with van der Waals surface area (Å²) < 4.78 is 6.08. The van der Waals surface area contributed by atoms with Crippen LogP contribution in [0.4, 0.5) is 0 Å². The van der Waals surface area contributed by atoms with E-state index >= 15 is 0 Å².